The lowest BCUT2D eigenvalue weighted by molar-refractivity contribution is -0.143. The van der Waals surface area contributed by atoms with Crippen LogP contribution in [0.4, 0.5) is 37.8 Å². The number of carbonyl (C=O) groups is 2. The molecule has 2 aromatic carbocycles. The van der Waals surface area contributed by atoms with Crippen LogP contribution in [-0.2, 0) is 27.4 Å². The number of carbonyl (C=O) groups excluding carboxylic acids is 2. The number of hydrogen-bond donors (Lipinski definition) is 1. The Morgan fingerprint density at radius 2 is 1.55 bits per heavy atom. The number of halogens is 6. The van der Waals surface area contributed by atoms with Gasteiger partial charge in [-0.05, 0) is 61.7 Å². The Bertz CT molecular complexity index is 1480. The van der Waals surface area contributed by atoms with E-state index in [9.17, 15) is 41.0 Å². The number of pyridine rings is 1. The molecular weight excluding hydrogens is 564 g/mol. The number of benzene rings is 2. The van der Waals surface area contributed by atoms with E-state index in [1.165, 1.54) is 27.1 Å². The van der Waals surface area contributed by atoms with Crippen molar-refractivity contribution in [3.63, 3.8) is 0 Å². The van der Waals surface area contributed by atoms with Crippen LogP contribution < -0.4 is 9.80 Å². The molecule has 4 rings (SSSR count). The number of aliphatic hydroxyl groups is 1. The molecule has 3 aromatic rings. The Labute approximate surface area is 238 Å². The largest absolute Gasteiger partial charge is 0.416 e. The summed E-state index contributed by atoms with van der Waals surface area (Å²) in [7, 11) is 1.37. The van der Waals surface area contributed by atoms with E-state index >= 15 is 0 Å². The number of Topliss-reactive ketones (excluding diaryl/α,β-unsaturated/α-hetero) is 1. The number of aryl methyl sites for hydroxylation is 1. The maximum atomic E-state index is 13.9. The predicted molar refractivity (Wildman–Crippen MR) is 145 cm³/mol. The third-order valence-electron chi connectivity index (χ3n) is 7.57. The number of amides is 1. The molecule has 12 heteroatoms. The zero-order chi connectivity index (χ0) is 31.2. The molecule has 42 heavy (non-hydrogen) atoms. The summed E-state index contributed by atoms with van der Waals surface area (Å²) in [5, 5.41) is 9.78. The van der Waals surface area contributed by atoms with Gasteiger partial charge in [-0.3, -0.25) is 9.59 Å². The first-order valence-corrected chi connectivity index (χ1v) is 13.0. The average molecular weight is 594 g/mol. The Morgan fingerprint density at radius 1 is 0.976 bits per heavy atom. The van der Waals surface area contributed by atoms with Crippen LogP contribution in [0.2, 0.25) is 0 Å². The van der Waals surface area contributed by atoms with Gasteiger partial charge in [0.2, 0.25) is 5.91 Å². The lowest BCUT2D eigenvalue weighted by Gasteiger charge is -2.32. The van der Waals surface area contributed by atoms with Crippen molar-refractivity contribution in [2.75, 3.05) is 30.0 Å². The summed E-state index contributed by atoms with van der Waals surface area (Å²) in [6.07, 6.45) is -8.62. The monoisotopic (exact) mass is 593 g/mol. The second kappa shape index (κ2) is 11.0. The Hall–Kier alpha value is -3.93. The van der Waals surface area contributed by atoms with Gasteiger partial charge in [0, 0.05) is 19.0 Å². The number of anilines is 2. The second-order valence-electron chi connectivity index (χ2n) is 10.9. The molecule has 1 fully saturated rings. The second-order valence-corrected chi connectivity index (χ2v) is 10.9. The van der Waals surface area contributed by atoms with Gasteiger partial charge in [-0.25, -0.2) is 4.98 Å². The molecule has 6 nitrogen and oxygen atoms in total. The normalized spacial score (nSPS) is 16.2. The van der Waals surface area contributed by atoms with Crippen LogP contribution in [0.25, 0.3) is 11.1 Å². The maximum Gasteiger partial charge on any atom is 0.416 e. The number of aliphatic hydroxyl groups excluding tert-OH is 1. The number of ketones is 1. The van der Waals surface area contributed by atoms with E-state index in [1.54, 1.807) is 23.1 Å². The highest BCUT2D eigenvalue weighted by molar-refractivity contribution is 6.03. The van der Waals surface area contributed by atoms with Crippen molar-refractivity contribution in [2.45, 2.75) is 51.0 Å². The SMILES string of the molecule is Cc1ccccc1-c1cc(N2CC(=O)CC2CO)ncc1N(C)C(=O)C(C)(C)c1cc(C(F)(F)F)cc(C(F)(F)F)c1. The van der Waals surface area contributed by atoms with Gasteiger partial charge in [-0.2, -0.15) is 26.3 Å². The number of rotatable bonds is 6. The summed E-state index contributed by atoms with van der Waals surface area (Å²) < 4.78 is 81.4. The molecule has 0 saturated carbocycles. The minimum Gasteiger partial charge on any atom is -0.394 e. The van der Waals surface area contributed by atoms with Crippen molar-refractivity contribution in [3.05, 3.63) is 77.0 Å². The maximum absolute atomic E-state index is 13.9. The molecule has 1 N–H and O–H groups in total. The van der Waals surface area contributed by atoms with Gasteiger partial charge in [0.1, 0.15) is 5.82 Å². The molecule has 1 saturated heterocycles. The predicted octanol–water partition coefficient (Wildman–Crippen LogP) is 6.18. The van der Waals surface area contributed by atoms with Crippen LogP contribution in [-0.4, -0.2) is 48.0 Å². The molecule has 1 atom stereocenters. The van der Waals surface area contributed by atoms with Gasteiger partial charge in [0.05, 0.1) is 47.6 Å². The van der Waals surface area contributed by atoms with E-state index in [1.807, 2.05) is 19.1 Å². The Morgan fingerprint density at radius 3 is 2.10 bits per heavy atom. The van der Waals surface area contributed by atoms with Crippen molar-refractivity contribution in [3.8, 4) is 11.1 Å². The summed E-state index contributed by atoms with van der Waals surface area (Å²) in [4.78, 5) is 33.2. The minimum atomic E-state index is -5.07. The quantitative estimate of drug-likeness (QED) is 0.346. The van der Waals surface area contributed by atoms with Crippen LogP contribution in [0.1, 0.15) is 42.5 Å². The van der Waals surface area contributed by atoms with E-state index in [0.29, 0.717) is 29.1 Å². The lowest BCUT2D eigenvalue weighted by Crippen LogP contribution is -2.42. The standard InChI is InChI=1S/C30H29F6N3O3/c1-17-7-5-6-8-23(17)24-13-26(39-15-22(41)12-21(39)16-40)37-14-25(24)38(4)27(42)28(2,3)18-9-19(29(31,32)33)11-20(10-18)30(34,35)36/h5-11,13-14,21,40H,12,15-16H2,1-4H3. The fourth-order valence-corrected chi connectivity index (χ4v) is 5.11. The van der Waals surface area contributed by atoms with Crippen LogP contribution in [0.5, 0.6) is 0 Å². The zero-order valence-corrected chi connectivity index (χ0v) is 23.3. The van der Waals surface area contributed by atoms with Crippen molar-refractivity contribution in [1.29, 1.82) is 0 Å². The van der Waals surface area contributed by atoms with Crippen LogP contribution in [0.3, 0.4) is 0 Å². The molecule has 0 spiro atoms. The highest BCUT2D eigenvalue weighted by Gasteiger charge is 2.41. The molecule has 2 heterocycles. The van der Waals surface area contributed by atoms with E-state index in [-0.39, 0.29) is 37.1 Å². The van der Waals surface area contributed by atoms with Crippen molar-refractivity contribution < 1.29 is 41.0 Å². The van der Waals surface area contributed by atoms with Gasteiger partial charge in [-0.1, -0.05) is 24.3 Å². The topological polar surface area (TPSA) is 73.7 Å². The number of likely N-dealkylation sites (N-methyl/N-ethyl adjacent to an activating group) is 1. The molecule has 0 aliphatic carbocycles. The first-order chi connectivity index (χ1) is 19.4. The van der Waals surface area contributed by atoms with Crippen LogP contribution >= 0.6 is 0 Å². The van der Waals surface area contributed by atoms with Crippen LogP contribution in [0, 0.1) is 6.92 Å². The molecule has 1 unspecified atom stereocenters. The van der Waals surface area contributed by atoms with Crippen LogP contribution in [0.15, 0.2) is 54.7 Å². The average Bonchev–Trinajstić information content (AvgIpc) is 3.31. The smallest absolute Gasteiger partial charge is 0.394 e. The summed E-state index contributed by atoms with van der Waals surface area (Å²) in [5.74, 6) is -0.482. The number of nitrogens with zero attached hydrogens (tertiary/aromatic N) is 3. The van der Waals surface area contributed by atoms with Gasteiger partial charge in [-0.15, -0.1) is 0 Å². The van der Waals surface area contributed by atoms with Gasteiger partial charge in [0.15, 0.2) is 5.78 Å². The Kier molecular flexibility index (Phi) is 8.16. The van der Waals surface area contributed by atoms with E-state index in [2.05, 4.69) is 4.98 Å². The highest BCUT2D eigenvalue weighted by atomic mass is 19.4. The van der Waals surface area contributed by atoms with Gasteiger partial charge < -0.3 is 14.9 Å². The third kappa shape index (κ3) is 5.99. The minimum absolute atomic E-state index is 0.0233. The van der Waals surface area contributed by atoms with Crippen molar-refractivity contribution >= 4 is 23.2 Å². The molecule has 1 aromatic heterocycles. The molecule has 0 radical (unpaired) electrons. The summed E-state index contributed by atoms with van der Waals surface area (Å²) in [6, 6.07) is 9.53. The van der Waals surface area contributed by atoms with E-state index in [0.717, 1.165) is 10.5 Å². The highest BCUT2D eigenvalue weighted by Crippen LogP contribution is 2.41. The lowest BCUT2D eigenvalue weighted by atomic mass is 9.81. The zero-order valence-electron chi connectivity index (χ0n) is 23.3. The molecule has 1 amide bonds. The first-order valence-electron chi connectivity index (χ1n) is 13.0. The molecular formula is C30H29F6N3O3. The molecule has 1 aliphatic rings. The Balaban J connectivity index is 1.83. The number of aromatic nitrogens is 1. The summed E-state index contributed by atoms with van der Waals surface area (Å²) in [6.45, 7) is 4.11. The van der Waals surface area contributed by atoms with Gasteiger partial charge >= 0.3 is 12.4 Å². The van der Waals surface area contributed by atoms with Crippen molar-refractivity contribution in [2.24, 2.45) is 0 Å². The van der Waals surface area contributed by atoms with E-state index < -0.39 is 46.4 Å². The summed E-state index contributed by atoms with van der Waals surface area (Å²) >= 11 is 0. The molecule has 0 bridgehead atoms. The van der Waals surface area contributed by atoms with Crippen molar-refractivity contribution in [1.82, 2.24) is 4.98 Å². The fourth-order valence-electron chi connectivity index (χ4n) is 5.11. The molecule has 1 aliphatic heterocycles. The fraction of sp³-hybridized carbons (Fsp3) is 0.367. The first kappa shape index (κ1) is 31.0. The number of hydrogen-bond acceptors (Lipinski definition) is 5. The third-order valence-corrected chi connectivity index (χ3v) is 7.57. The molecule has 224 valence electrons. The van der Waals surface area contributed by atoms with Gasteiger partial charge in [0.25, 0.3) is 0 Å². The summed E-state index contributed by atoms with van der Waals surface area (Å²) in [5.41, 5.74) is -3.04. The number of alkyl halides is 6. The van der Waals surface area contributed by atoms with E-state index in [4.69, 9.17) is 0 Å².